The van der Waals surface area contributed by atoms with Crippen LogP contribution in [0.3, 0.4) is 0 Å². The molecular weight excluding hydrogens is 242 g/mol. The monoisotopic (exact) mass is 261 g/mol. The number of hydrogen-bond donors (Lipinski definition) is 2. The second-order valence-corrected chi connectivity index (χ2v) is 5.60. The van der Waals surface area contributed by atoms with E-state index >= 15 is 0 Å². The first-order valence-electron chi connectivity index (χ1n) is 6.09. The number of benzene rings is 1. The Morgan fingerprint density at radius 3 is 2.72 bits per heavy atom. The third-order valence-electron chi connectivity index (χ3n) is 3.19. The van der Waals surface area contributed by atoms with Crippen LogP contribution >= 0.6 is 11.3 Å². The molecule has 1 aromatic heterocycles. The zero-order chi connectivity index (χ0) is 13.0. The standard InChI is InChI=1S/C14H19N3S/c1-10-3-4-12(7-11(10)2)8-13(17-15)9-14-16-5-6-18-14/h3-7,13,17H,8-9,15H2,1-2H3. The average molecular weight is 261 g/mol. The number of hydrazine groups is 1. The number of nitrogens with zero attached hydrogens (tertiary/aromatic N) is 1. The normalized spacial score (nSPS) is 12.6. The van der Waals surface area contributed by atoms with Crippen molar-refractivity contribution in [1.29, 1.82) is 0 Å². The van der Waals surface area contributed by atoms with Gasteiger partial charge >= 0.3 is 0 Å². The minimum atomic E-state index is 0.234. The Hall–Kier alpha value is -1.23. The van der Waals surface area contributed by atoms with E-state index in [1.165, 1.54) is 16.7 Å². The lowest BCUT2D eigenvalue weighted by atomic mass is 10.00. The van der Waals surface area contributed by atoms with Gasteiger partial charge in [-0.2, -0.15) is 0 Å². The van der Waals surface area contributed by atoms with Gasteiger partial charge in [-0.1, -0.05) is 18.2 Å². The summed E-state index contributed by atoms with van der Waals surface area (Å²) in [7, 11) is 0. The maximum atomic E-state index is 5.63. The van der Waals surface area contributed by atoms with Crippen LogP contribution in [0, 0.1) is 13.8 Å². The number of thiazole rings is 1. The van der Waals surface area contributed by atoms with Crippen molar-refractivity contribution >= 4 is 11.3 Å². The number of rotatable bonds is 5. The molecule has 1 heterocycles. The third kappa shape index (κ3) is 3.38. The van der Waals surface area contributed by atoms with Gasteiger partial charge in [0.05, 0.1) is 5.01 Å². The number of aryl methyl sites for hydroxylation is 2. The number of nitrogens with one attached hydrogen (secondary N) is 1. The van der Waals surface area contributed by atoms with Gasteiger partial charge in [-0.05, 0) is 37.0 Å². The zero-order valence-corrected chi connectivity index (χ0v) is 11.6. The molecule has 0 aliphatic carbocycles. The molecule has 3 nitrogen and oxygen atoms in total. The van der Waals surface area contributed by atoms with E-state index in [1.807, 2.05) is 11.6 Å². The molecule has 0 bridgehead atoms. The van der Waals surface area contributed by atoms with Crippen molar-refractivity contribution in [3.8, 4) is 0 Å². The number of hydrogen-bond acceptors (Lipinski definition) is 4. The summed E-state index contributed by atoms with van der Waals surface area (Å²) in [6, 6.07) is 6.82. The van der Waals surface area contributed by atoms with Crippen molar-refractivity contribution in [3.63, 3.8) is 0 Å². The molecule has 96 valence electrons. The molecule has 0 saturated heterocycles. The van der Waals surface area contributed by atoms with E-state index < -0.39 is 0 Å². The van der Waals surface area contributed by atoms with Crippen molar-refractivity contribution in [2.24, 2.45) is 5.84 Å². The van der Waals surface area contributed by atoms with Gasteiger partial charge in [0.2, 0.25) is 0 Å². The predicted octanol–water partition coefficient (Wildman–Crippen LogP) is 2.38. The predicted molar refractivity (Wildman–Crippen MR) is 76.5 cm³/mol. The first-order chi connectivity index (χ1) is 8.69. The van der Waals surface area contributed by atoms with Gasteiger partial charge in [0.15, 0.2) is 0 Å². The minimum Gasteiger partial charge on any atom is -0.271 e. The molecule has 2 aromatic rings. The molecule has 18 heavy (non-hydrogen) atoms. The summed E-state index contributed by atoms with van der Waals surface area (Å²) in [4.78, 5) is 4.30. The highest BCUT2D eigenvalue weighted by molar-refractivity contribution is 7.09. The Labute approximate surface area is 112 Å². The van der Waals surface area contributed by atoms with Crippen LogP contribution in [0.1, 0.15) is 21.7 Å². The van der Waals surface area contributed by atoms with Crippen LogP contribution in [0.2, 0.25) is 0 Å². The molecule has 1 aromatic carbocycles. The second-order valence-electron chi connectivity index (χ2n) is 4.62. The van der Waals surface area contributed by atoms with Crippen LogP contribution in [-0.2, 0) is 12.8 Å². The third-order valence-corrected chi connectivity index (χ3v) is 4.00. The Morgan fingerprint density at radius 1 is 1.28 bits per heavy atom. The summed E-state index contributed by atoms with van der Waals surface area (Å²) in [5.74, 6) is 5.63. The molecule has 0 radical (unpaired) electrons. The van der Waals surface area contributed by atoms with Crippen molar-refractivity contribution in [1.82, 2.24) is 10.4 Å². The van der Waals surface area contributed by atoms with Gasteiger partial charge in [0.1, 0.15) is 0 Å². The van der Waals surface area contributed by atoms with Gasteiger partial charge in [-0.25, -0.2) is 4.98 Å². The lowest BCUT2D eigenvalue weighted by molar-refractivity contribution is 0.521. The smallest absolute Gasteiger partial charge is 0.0940 e. The van der Waals surface area contributed by atoms with Gasteiger partial charge in [-0.15, -0.1) is 11.3 Å². The highest BCUT2D eigenvalue weighted by Crippen LogP contribution is 2.14. The Balaban J connectivity index is 2.03. The quantitative estimate of drug-likeness (QED) is 0.642. The van der Waals surface area contributed by atoms with Crippen LogP contribution in [0.4, 0.5) is 0 Å². The van der Waals surface area contributed by atoms with Gasteiger partial charge in [0, 0.05) is 24.0 Å². The van der Waals surface area contributed by atoms with Crippen LogP contribution in [-0.4, -0.2) is 11.0 Å². The van der Waals surface area contributed by atoms with Gasteiger partial charge in [0.25, 0.3) is 0 Å². The first-order valence-corrected chi connectivity index (χ1v) is 6.97. The number of aromatic nitrogens is 1. The van der Waals surface area contributed by atoms with Crippen molar-refractivity contribution in [3.05, 3.63) is 51.5 Å². The lowest BCUT2D eigenvalue weighted by Crippen LogP contribution is -2.38. The molecule has 0 fully saturated rings. The highest BCUT2D eigenvalue weighted by atomic mass is 32.1. The van der Waals surface area contributed by atoms with Crippen molar-refractivity contribution in [2.75, 3.05) is 0 Å². The number of nitrogens with two attached hydrogens (primary N) is 1. The van der Waals surface area contributed by atoms with E-state index in [2.05, 4.69) is 42.5 Å². The Kier molecular flexibility index (Phi) is 4.47. The van der Waals surface area contributed by atoms with Gasteiger partial charge < -0.3 is 0 Å². The molecule has 0 saturated carbocycles. The van der Waals surface area contributed by atoms with E-state index in [1.54, 1.807) is 11.3 Å². The van der Waals surface area contributed by atoms with Crippen LogP contribution in [0.15, 0.2) is 29.8 Å². The van der Waals surface area contributed by atoms with E-state index in [9.17, 15) is 0 Å². The van der Waals surface area contributed by atoms with E-state index in [4.69, 9.17) is 5.84 Å². The van der Waals surface area contributed by atoms with Crippen LogP contribution < -0.4 is 11.3 Å². The molecule has 4 heteroatoms. The van der Waals surface area contributed by atoms with Crippen LogP contribution in [0.25, 0.3) is 0 Å². The summed E-state index contributed by atoms with van der Waals surface area (Å²) in [6.45, 7) is 4.28. The highest BCUT2D eigenvalue weighted by Gasteiger charge is 2.10. The lowest BCUT2D eigenvalue weighted by Gasteiger charge is -2.15. The largest absolute Gasteiger partial charge is 0.271 e. The Morgan fingerprint density at radius 2 is 2.11 bits per heavy atom. The van der Waals surface area contributed by atoms with Gasteiger partial charge in [-0.3, -0.25) is 11.3 Å². The summed E-state index contributed by atoms with van der Waals surface area (Å²) in [5.41, 5.74) is 6.87. The SMILES string of the molecule is Cc1ccc(CC(Cc2nccs2)NN)cc1C. The second kappa shape index (κ2) is 6.09. The summed E-state index contributed by atoms with van der Waals surface area (Å²) in [5, 5.41) is 3.13. The summed E-state index contributed by atoms with van der Waals surface area (Å²) >= 11 is 1.68. The molecule has 1 atom stereocenters. The zero-order valence-electron chi connectivity index (χ0n) is 10.8. The summed E-state index contributed by atoms with van der Waals surface area (Å²) < 4.78 is 0. The molecule has 2 rings (SSSR count). The fraction of sp³-hybridized carbons (Fsp3) is 0.357. The molecule has 0 amide bonds. The first kappa shape index (κ1) is 13.2. The molecule has 3 N–H and O–H groups in total. The Bertz CT molecular complexity index is 494. The molecule has 0 spiro atoms. The fourth-order valence-corrected chi connectivity index (χ4v) is 2.67. The topological polar surface area (TPSA) is 50.9 Å². The molecule has 0 aliphatic heterocycles. The molecular formula is C14H19N3S. The van der Waals surface area contributed by atoms with Crippen LogP contribution in [0.5, 0.6) is 0 Å². The van der Waals surface area contributed by atoms with E-state index in [0.29, 0.717) is 0 Å². The summed E-state index contributed by atoms with van der Waals surface area (Å²) in [6.07, 6.45) is 3.64. The minimum absolute atomic E-state index is 0.234. The maximum Gasteiger partial charge on any atom is 0.0940 e. The molecule has 1 unspecified atom stereocenters. The average Bonchev–Trinajstić information content (AvgIpc) is 2.86. The van der Waals surface area contributed by atoms with Crippen molar-refractivity contribution in [2.45, 2.75) is 32.7 Å². The van der Waals surface area contributed by atoms with Crippen molar-refractivity contribution < 1.29 is 0 Å². The fourth-order valence-electron chi connectivity index (χ4n) is 1.97. The van der Waals surface area contributed by atoms with E-state index in [0.717, 1.165) is 17.8 Å². The molecule has 0 aliphatic rings. The maximum absolute atomic E-state index is 5.63. The van der Waals surface area contributed by atoms with E-state index in [-0.39, 0.29) is 6.04 Å².